The maximum absolute atomic E-state index is 12.1. The van der Waals surface area contributed by atoms with Crippen LogP contribution in [0.25, 0.3) is 0 Å². The number of hydrogen-bond acceptors (Lipinski definition) is 3. The standard InChI is InChI=1S/C19H30N2O3S/c1-3-16-11-13-18(14-12-16)21(25(2,23)24)15-7-10-19(22)20-17-8-5-4-6-9-17/h11-14,17H,3-10,15H2,1-2H3,(H,20,22). The van der Waals surface area contributed by atoms with E-state index >= 15 is 0 Å². The van der Waals surface area contributed by atoms with E-state index in [4.69, 9.17) is 0 Å². The van der Waals surface area contributed by atoms with Gasteiger partial charge in [0.05, 0.1) is 11.9 Å². The first-order valence-corrected chi connectivity index (χ1v) is 11.1. The molecule has 1 fully saturated rings. The number of nitrogens with one attached hydrogen (secondary N) is 1. The van der Waals surface area contributed by atoms with E-state index in [0.717, 1.165) is 19.3 Å². The minimum atomic E-state index is -3.36. The lowest BCUT2D eigenvalue weighted by atomic mass is 9.95. The number of hydrogen-bond donors (Lipinski definition) is 1. The van der Waals surface area contributed by atoms with Crippen LogP contribution < -0.4 is 9.62 Å². The minimum absolute atomic E-state index is 0.0293. The van der Waals surface area contributed by atoms with Crippen molar-refractivity contribution in [2.45, 2.75) is 64.3 Å². The number of nitrogens with zero attached hydrogens (tertiary/aromatic N) is 1. The topological polar surface area (TPSA) is 66.5 Å². The molecule has 0 bridgehead atoms. The molecule has 1 saturated carbocycles. The Labute approximate surface area is 151 Å². The highest BCUT2D eigenvalue weighted by Crippen LogP contribution is 2.20. The first kappa shape index (κ1) is 19.8. The monoisotopic (exact) mass is 366 g/mol. The van der Waals surface area contributed by atoms with Crippen LogP contribution in [0.2, 0.25) is 0 Å². The molecule has 0 atom stereocenters. The lowest BCUT2D eigenvalue weighted by Crippen LogP contribution is -2.37. The predicted molar refractivity (Wildman–Crippen MR) is 102 cm³/mol. The number of rotatable bonds is 8. The second-order valence-corrected chi connectivity index (χ2v) is 8.77. The summed E-state index contributed by atoms with van der Waals surface area (Å²) < 4.78 is 25.6. The van der Waals surface area contributed by atoms with Crippen molar-refractivity contribution >= 4 is 21.6 Å². The van der Waals surface area contributed by atoms with Gasteiger partial charge in [0.25, 0.3) is 0 Å². The van der Waals surface area contributed by atoms with Gasteiger partial charge in [-0.25, -0.2) is 8.42 Å². The van der Waals surface area contributed by atoms with Gasteiger partial charge in [-0.1, -0.05) is 38.3 Å². The zero-order valence-electron chi connectivity index (χ0n) is 15.3. The quantitative estimate of drug-likeness (QED) is 0.768. The fourth-order valence-corrected chi connectivity index (χ4v) is 4.28. The molecular weight excluding hydrogens is 336 g/mol. The Bertz CT molecular complexity index is 650. The third-order valence-corrected chi connectivity index (χ3v) is 5.96. The van der Waals surface area contributed by atoms with E-state index in [9.17, 15) is 13.2 Å². The number of aryl methyl sites for hydroxylation is 1. The average molecular weight is 367 g/mol. The summed E-state index contributed by atoms with van der Waals surface area (Å²) in [6.45, 7) is 2.39. The average Bonchev–Trinajstić information content (AvgIpc) is 2.59. The highest BCUT2D eigenvalue weighted by molar-refractivity contribution is 7.92. The molecule has 2 rings (SSSR count). The van der Waals surface area contributed by atoms with Crippen LogP contribution >= 0.6 is 0 Å². The molecule has 5 nitrogen and oxygen atoms in total. The maximum Gasteiger partial charge on any atom is 0.232 e. The number of sulfonamides is 1. The molecule has 1 N–H and O–H groups in total. The van der Waals surface area contributed by atoms with Crippen LogP contribution in [0.4, 0.5) is 5.69 Å². The van der Waals surface area contributed by atoms with Crippen molar-refractivity contribution < 1.29 is 13.2 Å². The van der Waals surface area contributed by atoms with Crippen molar-refractivity contribution in [1.29, 1.82) is 0 Å². The van der Waals surface area contributed by atoms with Crippen LogP contribution in [0.3, 0.4) is 0 Å². The molecule has 1 aromatic rings. The van der Waals surface area contributed by atoms with E-state index in [1.165, 1.54) is 35.4 Å². The van der Waals surface area contributed by atoms with Gasteiger partial charge in [0.2, 0.25) is 15.9 Å². The molecule has 1 amide bonds. The lowest BCUT2D eigenvalue weighted by Gasteiger charge is -2.24. The predicted octanol–water partition coefficient (Wildman–Crippen LogP) is 3.24. The normalized spacial score (nSPS) is 15.8. The Morgan fingerprint density at radius 2 is 1.80 bits per heavy atom. The van der Waals surface area contributed by atoms with E-state index in [1.54, 1.807) is 0 Å². The summed E-state index contributed by atoms with van der Waals surface area (Å²) in [4.78, 5) is 12.1. The van der Waals surface area contributed by atoms with E-state index < -0.39 is 10.0 Å². The molecule has 0 unspecified atom stereocenters. The van der Waals surface area contributed by atoms with Crippen LogP contribution in [0.5, 0.6) is 0 Å². The van der Waals surface area contributed by atoms with Crippen molar-refractivity contribution in [2.24, 2.45) is 0 Å². The summed E-state index contributed by atoms with van der Waals surface area (Å²) in [6.07, 6.45) is 8.74. The number of benzene rings is 1. The Morgan fingerprint density at radius 1 is 1.16 bits per heavy atom. The van der Waals surface area contributed by atoms with Gasteiger partial charge in [-0.3, -0.25) is 9.10 Å². The van der Waals surface area contributed by atoms with Crippen LogP contribution in [-0.2, 0) is 21.2 Å². The van der Waals surface area contributed by atoms with Gasteiger partial charge < -0.3 is 5.32 Å². The molecule has 0 aliphatic heterocycles. The number of amides is 1. The van der Waals surface area contributed by atoms with E-state index in [2.05, 4.69) is 12.2 Å². The summed E-state index contributed by atoms with van der Waals surface area (Å²) in [7, 11) is -3.36. The maximum atomic E-state index is 12.1. The molecule has 140 valence electrons. The van der Waals surface area contributed by atoms with Crippen molar-refractivity contribution in [2.75, 3.05) is 17.1 Å². The van der Waals surface area contributed by atoms with Crippen LogP contribution in [0.15, 0.2) is 24.3 Å². The number of carbonyl (C=O) groups excluding carboxylic acids is 1. The molecule has 6 heteroatoms. The van der Waals surface area contributed by atoms with Gasteiger partial charge in [-0.05, 0) is 43.4 Å². The van der Waals surface area contributed by atoms with Crippen LogP contribution in [0.1, 0.15) is 57.4 Å². The van der Waals surface area contributed by atoms with Gasteiger partial charge in [0, 0.05) is 19.0 Å². The fraction of sp³-hybridized carbons (Fsp3) is 0.632. The van der Waals surface area contributed by atoms with Gasteiger partial charge in [0.15, 0.2) is 0 Å². The molecule has 1 aromatic carbocycles. The molecule has 0 heterocycles. The molecule has 0 saturated heterocycles. The summed E-state index contributed by atoms with van der Waals surface area (Å²) in [6, 6.07) is 7.87. The summed E-state index contributed by atoms with van der Waals surface area (Å²) in [5.41, 5.74) is 1.83. The molecule has 1 aliphatic carbocycles. The Kier molecular flexibility index (Phi) is 7.29. The summed E-state index contributed by atoms with van der Waals surface area (Å²) in [5.74, 6) is 0.0293. The largest absolute Gasteiger partial charge is 0.353 e. The summed E-state index contributed by atoms with van der Waals surface area (Å²) >= 11 is 0. The van der Waals surface area contributed by atoms with E-state index in [-0.39, 0.29) is 5.91 Å². The number of carbonyl (C=O) groups is 1. The zero-order valence-corrected chi connectivity index (χ0v) is 16.1. The van der Waals surface area contributed by atoms with Crippen LogP contribution in [0, 0.1) is 0 Å². The Balaban J connectivity index is 1.88. The summed E-state index contributed by atoms with van der Waals surface area (Å²) in [5, 5.41) is 3.08. The second-order valence-electron chi connectivity index (χ2n) is 6.86. The number of anilines is 1. The third-order valence-electron chi connectivity index (χ3n) is 4.77. The minimum Gasteiger partial charge on any atom is -0.353 e. The van der Waals surface area contributed by atoms with Crippen molar-refractivity contribution in [3.63, 3.8) is 0 Å². The Morgan fingerprint density at radius 3 is 2.36 bits per heavy atom. The first-order valence-electron chi connectivity index (χ1n) is 9.26. The lowest BCUT2D eigenvalue weighted by molar-refractivity contribution is -0.122. The SMILES string of the molecule is CCc1ccc(N(CCCC(=O)NC2CCCCC2)S(C)(=O)=O)cc1. The smallest absolute Gasteiger partial charge is 0.232 e. The third kappa shape index (κ3) is 6.34. The van der Waals surface area contributed by atoms with Crippen molar-refractivity contribution in [3.05, 3.63) is 29.8 Å². The molecule has 1 aliphatic rings. The Hall–Kier alpha value is -1.56. The van der Waals surface area contributed by atoms with Gasteiger partial charge in [0.1, 0.15) is 0 Å². The second kappa shape index (κ2) is 9.22. The fourth-order valence-electron chi connectivity index (χ4n) is 3.31. The van der Waals surface area contributed by atoms with Crippen LogP contribution in [-0.4, -0.2) is 33.2 Å². The van der Waals surface area contributed by atoms with Crippen molar-refractivity contribution in [1.82, 2.24) is 5.32 Å². The molecule has 0 spiro atoms. The highest BCUT2D eigenvalue weighted by atomic mass is 32.2. The van der Waals surface area contributed by atoms with E-state index in [0.29, 0.717) is 31.1 Å². The molecule has 25 heavy (non-hydrogen) atoms. The van der Waals surface area contributed by atoms with Gasteiger partial charge in [-0.15, -0.1) is 0 Å². The zero-order chi connectivity index (χ0) is 18.3. The van der Waals surface area contributed by atoms with E-state index in [1.807, 2.05) is 24.3 Å². The first-order chi connectivity index (χ1) is 11.9. The van der Waals surface area contributed by atoms with Gasteiger partial charge >= 0.3 is 0 Å². The molecular formula is C19H30N2O3S. The molecule has 0 aromatic heterocycles. The molecule has 0 radical (unpaired) electrons. The van der Waals surface area contributed by atoms with Crippen molar-refractivity contribution in [3.8, 4) is 0 Å². The van der Waals surface area contributed by atoms with Gasteiger partial charge in [-0.2, -0.15) is 0 Å². The highest BCUT2D eigenvalue weighted by Gasteiger charge is 2.19.